The molecule has 0 spiro atoms. The molecule has 1 saturated carbocycles. The first-order valence-electron chi connectivity index (χ1n) is 8.18. The molecular weight excluding hydrogens is 248 g/mol. The Kier molecular flexibility index (Phi) is 4.13. The molecule has 2 fully saturated rings. The predicted molar refractivity (Wildman–Crippen MR) is 81.6 cm³/mol. The maximum Gasteiger partial charge on any atom is 0.0812 e. The lowest BCUT2D eigenvalue weighted by molar-refractivity contribution is 0.0370. The highest BCUT2D eigenvalue weighted by Crippen LogP contribution is 2.45. The van der Waals surface area contributed by atoms with Crippen LogP contribution in [0.4, 0.5) is 0 Å². The second-order valence-electron chi connectivity index (χ2n) is 6.49. The Bertz CT molecular complexity index is 427. The minimum Gasteiger partial charge on any atom is -0.310 e. The molecule has 1 aliphatic carbocycles. The van der Waals surface area contributed by atoms with Crippen LogP contribution in [0.25, 0.3) is 0 Å². The number of nitrogens with zero attached hydrogens (tertiary/aromatic N) is 3. The molecule has 20 heavy (non-hydrogen) atoms. The summed E-state index contributed by atoms with van der Waals surface area (Å²) in [5.74, 6) is 0. The van der Waals surface area contributed by atoms with E-state index < -0.39 is 0 Å². The first-order valence-corrected chi connectivity index (χ1v) is 8.18. The molecule has 0 aromatic carbocycles. The number of rotatable bonds is 4. The van der Waals surface area contributed by atoms with E-state index >= 15 is 0 Å². The highest BCUT2D eigenvalue weighted by molar-refractivity contribution is 5.16. The summed E-state index contributed by atoms with van der Waals surface area (Å²) in [6.07, 6.45) is 11.5. The number of likely N-dealkylation sites (N-methyl/N-ethyl adjacent to an activating group) is 1. The highest BCUT2D eigenvalue weighted by Gasteiger charge is 2.46. The van der Waals surface area contributed by atoms with Gasteiger partial charge in [0.15, 0.2) is 0 Å². The van der Waals surface area contributed by atoms with Crippen molar-refractivity contribution in [2.24, 2.45) is 7.05 Å². The standard InChI is InChI=1S/C16H28N4/c1-17-15(14-8-13-19(2)18-14)16(9-4-5-10-16)20-11-6-3-7-12-20/h8,13,15,17H,3-7,9-12H2,1-2H3. The van der Waals surface area contributed by atoms with E-state index in [9.17, 15) is 0 Å². The molecule has 4 nitrogen and oxygen atoms in total. The zero-order chi connectivity index (χ0) is 14.0. The van der Waals surface area contributed by atoms with E-state index in [4.69, 9.17) is 5.10 Å². The van der Waals surface area contributed by atoms with E-state index in [0.717, 1.165) is 0 Å². The quantitative estimate of drug-likeness (QED) is 0.917. The zero-order valence-corrected chi connectivity index (χ0v) is 12.9. The van der Waals surface area contributed by atoms with Gasteiger partial charge in [-0.05, 0) is 51.9 Å². The summed E-state index contributed by atoms with van der Waals surface area (Å²) in [6.45, 7) is 2.54. The summed E-state index contributed by atoms with van der Waals surface area (Å²) in [7, 11) is 4.11. The molecule has 0 radical (unpaired) electrons. The molecule has 4 heteroatoms. The Labute approximate surface area is 122 Å². The van der Waals surface area contributed by atoms with Gasteiger partial charge in [0.25, 0.3) is 0 Å². The van der Waals surface area contributed by atoms with Crippen molar-refractivity contribution in [1.29, 1.82) is 0 Å². The van der Waals surface area contributed by atoms with Crippen molar-refractivity contribution < 1.29 is 0 Å². The predicted octanol–water partition coefficient (Wildman–Crippen LogP) is 2.48. The Hall–Kier alpha value is -0.870. The monoisotopic (exact) mass is 276 g/mol. The number of aryl methyl sites for hydroxylation is 1. The Morgan fingerprint density at radius 3 is 2.40 bits per heavy atom. The minimum atomic E-state index is 0.295. The van der Waals surface area contributed by atoms with Crippen LogP contribution < -0.4 is 5.32 Å². The maximum absolute atomic E-state index is 4.69. The van der Waals surface area contributed by atoms with Crippen molar-refractivity contribution in [3.05, 3.63) is 18.0 Å². The summed E-state index contributed by atoms with van der Waals surface area (Å²) in [5, 5.41) is 8.29. The van der Waals surface area contributed by atoms with Gasteiger partial charge < -0.3 is 5.32 Å². The topological polar surface area (TPSA) is 33.1 Å². The number of likely N-dealkylation sites (tertiary alicyclic amines) is 1. The second-order valence-corrected chi connectivity index (χ2v) is 6.49. The van der Waals surface area contributed by atoms with Gasteiger partial charge >= 0.3 is 0 Å². The molecule has 112 valence electrons. The fraction of sp³-hybridized carbons (Fsp3) is 0.812. The van der Waals surface area contributed by atoms with Crippen LogP contribution in [0.3, 0.4) is 0 Å². The number of aromatic nitrogens is 2. The molecule has 2 aliphatic rings. The van der Waals surface area contributed by atoms with Gasteiger partial charge in [-0.15, -0.1) is 0 Å². The van der Waals surface area contributed by atoms with Gasteiger partial charge in [0.1, 0.15) is 0 Å². The largest absolute Gasteiger partial charge is 0.310 e. The Morgan fingerprint density at radius 2 is 1.85 bits per heavy atom. The normalized spacial score (nSPS) is 24.9. The smallest absolute Gasteiger partial charge is 0.0812 e. The van der Waals surface area contributed by atoms with Gasteiger partial charge in [0.2, 0.25) is 0 Å². The minimum absolute atomic E-state index is 0.295. The van der Waals surface area contributed by atoms with Crippen LogP contribution in [0.5, 0.6) is 0 Å². The SMILES string of the molecule is CNC(c1ccn(C)n1)C1(N2CCCCC2)CCCC1. The molecule has 1 aromatic heterocycles. The van der Waals surface area contributed by atoms with Crippen LogP contribution in [0.1, 0.15) is 56.7 Å². The number of piperidine rings is 1. The first-order chi connectivity index (χ1) is 9.76. The lowest BCUT2D eigenvalue weighted by Gasteiger charge is -2.48. The van der Waals surface area contributed by atoms with Crippen molar-refractivity contribution in [1.82, 2.24) is 20.0 Å². The molecule has 3 rings (SSSR count). The van der Waals surface area contributed by atoms with Crippen molar-refractivity contribution in [2.45, 2.75) is 56.5 Å². The fourth-order valence-corrected chi connectivity index (χ4v) is 4.39. The second kappa shape index (κ2) is 5.86. The average Bonchev–Trinajstić information content (AvgIpc) is 3.12. The van der Waals surface area contributed by atoms with Gasteiger partial charge in [-0.25, -0.2) is 0 Å². The lowest BCUT2D eigenvalue weighted by Crippen LogP contribution is -2.56. The molecule has 1 saturated heterocycles. The van der Waals surface area contributed by atoms with Gasteiger partial charge in [-0.2, -0.15) is 5.10 Å². The Balaban J connectivity index is 1.91. The molecule has 2 heterocycles. The van der Waals surface area contributed by atoms with Crippen molar-refractivity contribution in [3.63, 3.8) is 0 Å². The fourth-order valence-electron chi connectivity index (χ4n) is 4.39. The highest BCUT2D eigenvalue weighted by atomic mass is 15.3. The summed E-state index contributed by atoms with van der Waals surface area (Å²) >= 11 is 0. The summed E-state index contributed by atoms with van der Waals surface area (Å²) < 4.78 is 1.93. The van der Waals surface area contributed by atoms with Crippen LogP contribution >= 0.6 is 0 Å². The van der Waals surface area contributed by atoms with Gasteiger partial charge in [0.05, 0.1) is 11.7 Å². The molecule has 0 amide bonds. The molecule has 1 aliphatic heterocycles. The van der Waals surface area contributed by atoms with Crippen molar-refractivity contribution in [3.8, 4) is 0 Å². The van der Waals surface area contributed by atoms with E-state index in [0.29, 0.717) is 11.6 Å². The first kappa shape index (κ1) is 14.1. The average molecular weight is 276 g/mol. The van der Waals surface area contributed by atoms with Crippen LogP contribution in [0.15, 0.2) is 12.3 Å². The van der Waals surface area contributed by atoms with E-state index in [1.807, 2.05) is 11.7 Å². The van der Waals surface area contributed by atoms with Crippen LogP contribution in [0, 0.1) is 0 Å². The summed E-state index contributed by atoms with van der Waals surface area (Å²) in [5.41, 5.74) is 1.51. The third-order valence-electron chi connectivity index (χ3n) is 5.31. The third kappa shape index (κ3) is 2.40. The number of hydrogen-bond acceptors (Lipinski definition) is 3. The van der Waals surface area contributed by atoms with Crippen molar-refractivity contribution >= 4 is 0 Å². The third-order valence-corrected chi connectivity index (χ3v) is 5.31. The van der Waals surface area contributed by atoms with Gasteiger partial charge in [-0.1, -0.05) is 19.3 Å². The molecule has 1 aromatic rings. The van der Waals surface area contributed by atoms with E-state index in [1.165, 1.54) is 63.7 Å². The lowest BCUT2D eigenvalue weighted by atomic mass is 9.83. The van der Waals surface area contributed by atoms with Crippen LogP contribution in [0.2, 0.25) is 0 Å². The van der Waals surface area contributed by atoms with Crippen molar-refractivity contribution in [2.75, 3.05) is 20.1 Å². The summed E-state index contributed by atoms with van der Waals surface area (Å²) in [6, 6.07) is 2.55. The van der Waals surface area contributed by atoms with Crippen LogP contribution in [-0.2, 0) is 7.05 Å². The Morgan fingerprint density at radius 1 is 1.15 bits per heavy atom. The molecule has 1 unspecified atom stereocenters. The van der Waals surface area contributed by atoms with Crippen LogP contribution in [-0.4, -0.2) is 40.4 Å². The van der Waals surface area contributed by atoms with Gasteiger partial charge in [-0.3, -0.25) is 9.58 Å². The number of hydrogen-bond donors (Lipinski definition) is 1. The maximum atomic E-state index is 4.69. The van der Waals surface area contributed by atoms with E-state index in [1.54, 1.807) is 0 Å². The molecular formula is C16H28N4. The van der Waals surface area contributed by atoms with Gasteiger partial charge in [0, 0.05) is 18.8 Å². The molecule has 0 bridgehead atoms. The molecule has 1 atom stereocenters. The number of nitrogens with one attached hydrogen (secondary N) is 1. The van der Waals surface area contributed by atoms with E-state index in [2.05, 4.69) is 29.5 Å². The molecule has 1 N–H and O–H groups in total. The summed E-state index contributed by atoms with van der Waals surface area (Å²) in [4.78, 5) is 2.78. The zero-order valence-electron chi connectivity index (χ0n) is 12.9. The van der Waals surface area contributed by atoms with E-state index in [-0.39, 0.29) is 0 Å².